The van der Waals surface area contributed by atoms with Crippen LogP contribution in [0, 0.1) is 75.9 Å². The Morgan fingerprint density at radius 3 is 1.33 bits per heavy atom. The molecule has 7 rings (SSSR count). The number of nitrogens with zero attached hydrogens (tertiary/aromatic N) is 15. The Labute approximate surface area is 280 Å². The van der Waals surface area contributed by atoms with Gasteiger partial charge in [0, 0.05) is 12.1 Å². The highest BCUT2D eigenvalue weighted by Gasteiger charge is 2.25. The molecule has 3 aromatic carbocycles. The van der Waals surface area contributed by atoms with Crippen LogP contribution in [0.1, 0.15) is 28.6 Å². The summed E-state index contributed by atoms with van der Waals surface area (Å²) in [7, 11) is 0. The monoisotopic (exact) mass is 669 g/mol. The number of hydrogen-bond donors (Lipinski definition) is 0. The molecule has 4 heterocycles. The van der Waals surface area contributed by atoms with Gasteiger partial charge in [-0.1, -0.05) is 0 Å². The van der Waals surface area contributed by atoms with Crippen LogP contribution in [-0.4, -0.2) is 15.0 Å². The second-order valence-corrected chi connectivity index (χ2v) is 10.2. The Hall–Kier alpha value is -8.58. The minimum absolute atomic E-state index is 0.00321. The zero-order valence-electron chi connectivity index (χ0n) is 24.8. The molecule has 0 saturated carbocycles. The van der Waals surface area contributed by atoms with E-state index in [1.54, 1.807) is 12.1 Å². The van der Waals surface area contributed by atoms with E-state index in [9.17, 15) is 34.2 Å². The molecule has 4 aromatic rings. The van der Waals surface area contributed by atoms with Crippen molar-refractivity contribution in [2.75, 3.05) is 0 Å². The fourth-order valence-electron chi connectivity index (χ4n) is 4.83. The Morgan fingerprint density at radius 1 is 0.529 bits per heavy atom. The van der Waals surface area contributed by atoms with Crippen LogP contribution < -0.4 is 32.1 Å². The van der Waals surface area contributed by atoms with Crippen molar-refractivity contribution in [1.82, 2.24) is 15.0 Å². The lowest BCUT2D eigenvalue weighted by Gasteiger charge is -2.07. The van der Waals surface area contributed by atoms with Crippen molar-refractivity contribution in [1.29, 1.82) is 21.0 Å². The number of fused-ring (bicyclic) bond motifs is 3. The zero-order valence-corrected chi connectivity index (χ0v) is 24.8. The Kier molecular flexibility index (Phi) is 7.24. The van der Waals surface area contributed by atoms with Crippen LogP contribution in [0.15, 0.2) is 83.8 Å². The van der Waals surface area contributed by atoms with E-state index in [4.69, 9.17) is 13.1 Å². The number of hydrogen-bond acceptors (Lipinski definition) is 13. The van der Waals surface area contributed by atoms with Gasteiger partial charge < -0.3 is 0 Å². The van der Waals surface area contributed by atoms with E-state index >= 15 is 0 Å². The smallest absolute Gasteiger partial charge is 0.238 e. The third-order valence-corrected chi connectivity index (χ3v) is 7.18. The van der Waals surface area contributed by atoms with Crippen LogP contribution in [-0.2, 0) is 0 Å². The number of halogens is 3. The molecule has 0 fully saturated rings. The molecule has 0 bridgehead atoms. The van der Waals surface area contributed by atoms with Crippen molar-refractivity contribution in [3.63, 3.8) is 0 Å². The maximum atomic E-state index is 14.4. The van der Waals surface area contributed by atoms with Gasteiger partial charge in [-0.05, 0) is 24.3 Å². The SMILES string of the molecule is [C-]#[N+]/C(=C1\N=c2cc(F)c(C#N)cc2=N1)c1nc(/C(C#N)=C2/N=c3cc(F)c(C#N)cc3=N2)nc(/C(C#N)=C2/N=c3cc(F)c([N+]#[C-])cc3=N2)n1. The molecule has 51 heavy (non-hydrogen) atoms. The lowest BCUT2D eigenvalue weighted by molar-refractivity contribution is 0.621. The van der Waals surface area contributed by atoms with E-state index in [0.717, 1.165) is 36.4 Å². The molecule has 3 aliphatic heterocycles. The van der Waals surface area contributed by atoms with Crippen molar-refractivity contribution in [3.05, 3.63) is 155 Å². The normalized spacial score (nSPS) is 15.7. The number of rotatable bonds is 3. The minimum atomic E-state index is -0.876. The third kappa shape index (κ3) is 5.18. The minimum Gasteiger partial charge on any atom is -0.238 e. The molecule has 0 atom stereocenters. The number of nitriles is 4. The molecule has 1 aromatic heterocycles. The lowest BCUT2D eigenvalue weighted by Crippen LogP contribution is -2.22. The molecule has 0 amide bonds. The van der Waals surface area contributed by atoms with E-state index in [1.807, 2.05) is 12.1 Å². The molecular weight excluding hydrogens is 663 g/mol. The van der Waals surface area contributed by atoms with E-state index < -0.39 is 51.8 Å². The first-order valence-corrected chi connectivity index (χ1v) is 13.8. The van der Waals surface area contributed by atoms with E-state index in [-0.39, 0.29) is 66.4 Å². The molecule has 3 aliphatic rings. The molecule has 15 nitrogen and oxygen atoms in total. The van der Waals surface area contributed by atoms with Gasteiger partial charge in [-0.3, -0.25) is 0 Å². The van der Waals surface area contributed by atoms with Crippen LogP contribution in [0.25, 0.3) is 26.5 Å². The first kappa shape index (κ1) is 31.0. The van der Waals surface area contributed by atoms with Crippen molar-refractivity contribution in [2.45, 2.75) is 0 Å². The summed E-state index contributed by atoms with van der Waals surface area (Å²) in [5, 5.41) is 39.2. The van der Waals surface area contributed by atoms with Gasteiger partial charge in [0.1, 0.15) is 52.9 Å². The summed E-state index contributed by atoms with van der Waals surface area (Å²) >= 11 is 0. The Morgan fingerprint density at radius 2 is 0.922 bits per heavy atom. The summed E-state index contributed by atoms with van der Waals surface area (Å²) < 4.78 is 43.1. The van der Waals surface area contributed by atoms with Gasteiger partial charge in [0.15, 0.2) is 34.9 Å². The fraction of sp³-hybridized carbons (Fsp3) is 0. The second kappa shape index (κ2) is 11.9. The molecule has 0 saturated heterocycles. The molecule has 234 valence electrons. The third-order valence-electron chi connectivity index (χ3n) is 7.18. The van der Waals surface area contributed by atoms with Gasteiger partial charge >= 0.3 is 0 Å². The standard InChI is InChI=1S/C33H6F3N15/c1-41-20-8-26-25(7-19(20)36)45-29(46-26)16(12-40)31-49-30(15(11-39)28-43-21-3-13(9-37)17(34)5-23(21)44-28)50-33(51-31)27(42-2)32-47-22-4-14(10-38)18(35)6-24(22)48-32/h3-8H/b28-15+,29-16-,32-27-. The maximum Gasteiger partial charge on any atom is 0.274 e. The number of aromatic nitrogens is 3. The predicted molar refractivity (Wildman–Crippen MR) is 160 cm³/mol. The van der Waals surface area contributed by atoms with E-state index in [1.165, 1.54) is 0 Å². The van der Waals surface area contributed by atoms with Crippen molar-refractivity contribution < 1.29 is 13.2 Å². The zero-order chi connectivity index (χ0) is 36.0. The predicted octanol–water partition coefficient (Wildman–Crippen LogP) is 1.37. The van der Waals surface area contributed by atoms with Crippen LogP contribution in [0.3, 0.4) is 0 Å². The van der Waals surface area contributed by atoms with Crippen molar-refractivity contribution in [3.8, 4) is 24.3 Å². The van der Waals surface area contributed by atoms with Crippen LogP contribution >= 0.6 is 0 Å². The highest BCUT2D eigenvalue weighted by molar-refractivity contribution is 5.81. The first-order chi connectivity index (χ1) is 24.7. The van der Waals surface area contributed by atoms with Gasteiger partial charge in [0.2, 0.25) is 5.69 Å². The van der Waals surface area contributed by atoms with Gasteiger partial charge in [0.05, 0.1) is 56.4 Å². The summed E-state index contributed by atoms with van der Waals surface area (Å²) in [4.78, 5) is 44.6. The van der Waals surface area contributed by atoms with Crippen LogP contribution in [0.5, 0.6) is 0 Å². The fourth-order valence-corrected chi connectivity index (χ4v) is 4.83. The lowest BCUT2D eigenvalue weighted by atomic mass is 10.2. The first-order valence-electron chi connectivity index (χ1n) is 13.8. The molecule has 0 radical (unpaired) electrons. The second-order valence-electron chi connectivity index (χ2n) is 10.2. The van der Waals surface area contributed by atoms with Gasteiger partial charge in [-0.15, -0.1) is 0 Å². The van der Waals surface area contributed by atoms with Crippen molar-refractivity contribution >= 4 is 22.5 Å². The van der Waals surface area contributed by atoms with E-state index in [2.05, 4.69) is 54.6 Å². The van der Waals surface area contributed by atoms with Crippen LogP contribution in [0.4, 0.5) is 18.9 Å². The van der Waals surface area contributed by atoms with Gasteiger partial charge in [0.25, 0.3) is 5.70 Å². The average molecular weight is 670 g/mol. The summed E-state index contributed by atoms with van der Waals surface area (Å²) in [6.07, 6.45) is 0. The quantitative estimate of drug-likeness (QED) is 0.230. The summed E-state index contributed by atoms with van der Waals surface area (Å²) in [6, 6.07) is 13.4. The molecule has 0 N–H and O–H groups in total. The average Bonchev–Trinajstić information content (AvgIpc) is 3.84. The summed E-state index contributed by atoms with van der Waals surface area (Å²) in [5.41, 5.74) is -2.28. The number of benzene rings is 3. The maximum absolute atomic E-state index is 14.4. The number of allylic oxidation sites excluding steroid dienone is 2. The summed E-state index contributed by atoms with van der Waals surface area (Å²) in [5.74, 6) is -4.96. The molecular formula is C33H6F3N15. The molecule has 0 spiro atoms. The van der Waals surface area contributed by atoms with Crippen molar-refractivity contribution in [2.24, 2.45) is 30.0 Å². The van der Waals surface area contributed by atoms with Gasteiger partial charge in [-0.2, -0.15) is 21.0 Å². The van der Waals surface area contributed by atoms with Gasteiger partial charge in [-0.25, -0.2) is 67.8 Å². The van der Waals surface area contributed by atoms with E-state index in [0.29, 0.717) is 0 Å². The summed E-state index contributed by atoms with van der Waals surface area (Å²) in [6.45, 7) is 15.1. The molecule has 0 aliphatic carbocycles. The van der Waals surface area contributed by atoms with Crippen LogP contribution in [0.2, 0.25) is 0 Å². The topological polar surface area (TPSA) is 217 Å². The Bertz CT molecular complexity index is 2790. The highest BCUT2D eigenvalue weighted by Crippen LogP contribution is 2.27. The highest BCUT2D eigenvalue weighted by atomic mass is 19.1. The largest absolute Gasteiger partial charge is 0.274 e. The molecule has 0 unspecified atom stereocenters. The Balaban J connectivity index is 1.50. The molecule has 18 heteroatoms.